The van der Waals surface area contributed by atoms with E-state index in [1.54, 1.807) is 25.7 Å². The van der Waals surface area contributed by atoms with Gasteiger partial charge in [-0.3, -0.25) is 4.79 Å². The maximum atomic E-state index is 11.9. The fourth-order valence-electron chi connectivity index (χ4n) is 1.98. The van der Waals surface area contributed by atoms with E-state index in [1.807, 2.05) is 0 Å². The van der Waals surface area contributed by atoms with Gasteiger partial charge in [0.05, 0.1) is 6.42 Å². The van der Waals surface area contributed by atoms with Crippen LogP contribution in [0.5, 0.6) is 0 Å². The van der Waals surface area contributed by atoms with Gasteiger partial charge in [0.1, 0.15) is 5.60 Å². The fraction of sp³-hybridized carbons (Fsp3) is 0.833. The van der Waals surface area contributed by atoms with Crippen molar-refractivity contribution < 1.29 is 19.4 Å². The normalized spacial score (nSPS) is 24.8. The number of carboxylic acids is 1. The predicted octanol–water partition coefficient (Wildman–Crippen LogP) is 1.05. The van der Waals surface area contributed by atoms with Crippen molar-refractivity contribution in [3.05, 3.63) is 0 Å². The van der Waals surface area contributed by atoms with Gasteiger partial charge in [-0.2, -0.15) is 0 Å². The van der Waals surface area contributed by atoms with Gasteiger partial charge in [0, 0.05) is 25.0 Å². The number of nitrogens with zero attached hydrogens (tertiary/aromatic N) is 1. The summed E-state index contributed by atoms with van der Waals surface area (Å²) < 4.78 is 5.26. The highest BCUT2D eigenvalue weighted by Gasteiger charge is 2.32. The van der Waals surface area contributed by atoms with Crippen molar-refractivity contribution in [1.29, 1.82) is 0 Å². The summed E-state index contributed by atoms with van der Waals surface area (Å²) in [6, 6.07) is -0.167. The Balaban J connectivity index is 2.58. The topological polar surface area (TPSA) is 92.9 Å². The molecular formula is C12H22N2O4. The summed E-state index contributed by atoms with van der Waals surface area (Å²) in [5.41, 5.74) is 5.33. The van der Waals surface area contributed by atoms with Crippen LogP contribution >= 0.6 is 0 Å². The Morgan fingerprint density at radius 1 is 1.44 bits per heavy atom. The van der Waals surface area contributed by atoms with Crippen LogP contribution in [0.2, 0.25) is 0 Å². The van der Waals surface area contributed by atoms with Gasteiger partial charge in [-0.05, 0) is 27.2 Å². The number of aliphatic carboxylic acids is 1. The minimum absolute atomic E-state index is 0.0134. The van der Waals surface area contributed by atoms with Crippen molar-refractivity contribution in [2.45, 2.75) is 45.3 Å². The van der Waals surface area contributed by atoms with E-state index < -0.39 is 17.7 Å². The second-order valence-electron chi connectivity index (χ2n) is 5.74. The Bertz CT molecular complexity index is 325. The molecule has 0 aromatic rings. The molecule has 0 bridgehead atoms. The molecule has 104 valence electrons. The molecule has 1 fully saturated rings. The van der Waals surface area contributed by atoms with Gasteiger partial charge in [-0.15, -0.1) is 0 Å². The van der Waals surface area contributed by atoms with E-state index in [1.165, 1.54) is 0 Å². The van der Waals surface area contributed by atoms with E-state index in [0.717, 1.165) is 0 Å². The molecule has 0 aromatic carbocycles. The summed E-state index contributed by atoms with van der Waals surface area (Å²) in [7, 11) is 0. The molecule has 18 heavy (non-hydrogen) atoms. The molecule has 3 N–H and O–H groups in total. The third-order valence-electron chi connectivity index (χ3n) is 2.88. The Kier molecular flexibility index (Phi) is 4.56. The summed E-state index contributed by atoms with van der Waals surface area (Å²) >= 11 is 0. The molecule has 0 radical (unpaired) electrons. The smallest absolute Gasteiger partial charge is 0.410 e. The van der Waals surface area contributed by atoms with Crippen LogP contribution in [-0.4, -0.2) is 46.8 Å². The highest BCUT2D eigenvalue weighted by atomic mass is 16.6. The molecule has 0 aliphatic carbocycles. The van der Waals surface area contributed by atoms with Crippen LogP contribution in [0.4, 0.5) is 4.79 Å². The number of nitrogens with two attached hydrogens (primary N) is 1. The van der Waals surface area contributed by atoms with Crippen LogP contribution in [0.1, 0.15) is 33.6 Å². The van der Waals surface area contributed by atoms with Gasteiger partial charge in [-0.1, -0.05) is 0 Å². The molecule has 6 heteroatoms. The lowest BCUT2D eigenvalue weighted by atomic mass is 9.90. The largest absolute Gasteiger partial charge is 0.481 e. The van der Waals surface area contributed by atoms with Crippen LogP contribution in [0.3, 0.4) is 0 Å². The molecule has 2 atom stereocenters. The highest BCUT2D eigenvalue weighted by Crippen LogP contribution is 2.21. The molecule has 0 spiro atoms. The number of ether oxygens (including phenoxy) is 1. The zero-order valence-electron chi connectivity index (χ0n) is 11.2. The van der Waals surface area contributed by atoms with E-state index in [9.17, 15) is 9.59 Å². The summed E-state index contributed by atoms with van der Waals surface area (Å²) in [5.74, 6) is -1.09. The van der Waals surface area contributed by atoms with E-state index in [4.69, 9.17) is 15.6 Å². The molecule has 1 amide bonds. The Morgan fingerprint density at radius 3 is 2.56 bits per heavy atom. The number of hydrogen-bond acceptors (Lipinski definition) is 4. The summed E-state index contributed by atoms with van der Waals surface area (Å²) in [5, 5.41) is 8.80. The van der Waals surface area contributed by atoms with Crippen molar-refractivity contribution >= 4 is 12.1 Å². The molecule has 1 aliphatic rings. The standard InChI is InChI=1S/C12H22N2O4/c1-12(2,3)18-11(17)14-5-4-9(13)8(7-14)6-10(15)16/h8-9H,4-7,13H2,1-3H3,(H,15,16)/t8-,9-/m0/s1. The van der Waals surface area contributed by atoms with Gasteiger partial charge in [-0.25, -0.2) is 4.79 Å². The first-order valence-corrected chi connectivity index (χ1v) is 6.14. The first-order chi connectivity index (χ1) is 8.19. The van der Waals surface area contributed by atoms with E-state index in [0.29, 0.717) is 19.5 Å². The summed E-state index contributed by atoms with van der Waals surface area (Å²) in [6.07, 6.45) is 0.197. The van der Waals surface area contributed by atoms with Crippen molar-refractivity contribution in [3.8, 4) is 0 Å². The van der Waals surface area contributed by atoms with Gasteiger partial charge in [0.15, 0.2) is 0 Å². The van der Waals surface area contributed by atoms with Gasteiger partial charge in [0.2, 0.25) is 0 Å². The SMILES string of the molecule is CC(C)(C)OC(=O)N1CC[C@H](N)[C@@H](CC(=O)O)C1. The first-order valence-electron chi connectivity index (χ1n) is 6.14. The lowest BCUT2D eigenvalue weighted by Crippen LogP contribution is -2.50. The molecule has 0 saturated carbocycles. The number of carbonyl (C=O) groups is 2. The molecule has 0 aromatic heterocycles. The minimum Gasteiger partial charge on any atom is -0.481 e. The molecule has 1 rings (SSSR count). The second-order valence-corrected chi connectivity index (χ2v) is 5.74. The lowest BCUT2D eigenvalue weighted by Gasteiger charge is -2.36. The minimum atomic E-state index is -0.888. The highest BCUT2D eigenvalue weighted by molar-refractivity contribution is 5.69. The summed E-state index contributed by atoms with van der Waals surface area (Å²) in [4.78, 5) is 24.1. The third kappa shape index (κ3) is 4.52. The first kappa shape index (κ1) is 14.8. The van der Waals surface area contributed by atoms with Crippen LogP contribution in [0.15, 0.2) is 0 Å². The molecule has 6 nitrogen and oxygen atoms in total. The van der Waals surface area contributed by atoms with Crippen molar-refractivity contribution in [3.63, 3.8) is 0 Å². The second kappa shape index (κ2) is 5.56. The fourth-order valence-corrected chi connectivity index (χ4v) is 1.98. The molecular weight excluding hydrogens is 236 g/mol. The van der Waals surface area contributed by atoms with Crippen molar-refractivity contribution in [2.24, 2.45) is 11.7 Å². The van der Waals surface area contributed by atoms with Crippen LogP contribution in [0, 0.1) is 5.92 Å². The lowest BCUT2D eigenvalue weighted by molar-refractivity contribution is -0.138. The number of rotatable bonds is 2. The molecule has 0 unspecified atom stereocenters. The monoisotopic (exact) mass is 258 g/mol. The quantitative estimate of drug-likeness (QED) is 0.772. The zero-order valence-corrected chi connectivity index (χ0v) is 11.2. The van der Waals surface area contributed by atoms with Crippen LogP contribution < -0.4 is 5.73 Å². The maximum Gasteiger partial charge on any atom is 0.410 e. The Morgan fingerprint density at radius 2 is 2.06 bits per heavy atom. The van der Waals surface area contributed by atoms with Crippen LogP contribution in [-0.2, 0) is 9.53 Å². The predicted molar refractivity (Wildman–Crippen MR) is 66.1 cm³/mol. The van der Waals surface area contributed by atoms with E-state index in [2.05, 4.69) is 0 Å². The number of carbonyl (C=O) groups excluding carboxylic acids is 1. The molecule has 1 aliphatic heterocycles. The Labute approximate surface area is 107 Å². The van der Waals surface area contributed by atoms with Gasteiger partial charge >= 0.3 is 12.1 Å². The molecule has 1 heterocycles. The number of amides is 1. The van der Waals surface area contributed by atoms with Crippen LogP contribution in [0.25, 0.3) is 0 Å². The maximum absolute atomic E-state index is 11.9. The average Bonchev–Trinajstić information content (AvgIpc) is 2.17. The van der Waals surface area contributed by atoms with Gasteiger partial charge in [0.25, 0.3) is 0 Å². The van der Waals surface area contributed by atoms with Gasteiger partial charge < -0.3 is 20.5 Å². The third-order valence-corrected chi connectivity index (χ3v) is 2.88. The Hall–Kier alpha value is -1.30. The van der Waals surface area contributed by atoms with E-state index >= 15 is 0 Å². The average molecular weight is 258 g/mol. The van der Waals surface area contributed by atoms with Crippen molar-refractivity contribution in [1.82, 2.24) is 4.90 Å². The zero-order chi connectivity index (χ0) is 13.9. The number of likely N-dealkylation sites (tertiary alicyclic amines) is 1. The molecule has 1 saturated heterocycles. The van der Waals surface area contributed by atoms with E-state index in [-0.39, 0.29) is 18.4 Å². The number of hydrogen-bond donors (Lipinski definition) is 2. The number of piperidine rings is 1. The van der Waals surface area contributed by atoms with Crippen molar-refractivity contribution in [2.75, 3.05) is 13.1 Å². The summed E-state index contributed by atoms with van der Waals surface area (Å²) in [6.45, 7) is 6.27. The number of carboxylic acid groups (broad SMARTS) is 1.